The van der Waals surface area contributed by atoms with E-state index in [1.54, 1.807) is 0 Å². The van der Waals surface area contributed by atoms with E-state index in [4.69, 9.17) is 52.4 Å². The Balaban J connectivity index is 1.60. The first-order valence-electron chi connectivity index (χ1n) is 11.4. The third-order valence-electron chi connectivity index (χ3n) is 6.56. The number of hydrogen-bond donors (Lipinski definition) is 10. The highest BCUT2D eigenvalue weighted by atomic mass is 16.7. The molecule has 0 aromatic carbocycles. The zero-order valence-electron chi connectivity index (χ0n) is 18.8. The van der Waals surface area contributed by atoms with Gasteiger partial charge in [-0.3, -0.25) is 0 Å². The molecule has 2 aliphatic heterocycles. The van der Waals surface area contributed by atoms with Gasteiger partial charge in [0.05, 0.1) is 25.4 Å². The van der Waals surface area contributed by atoms with Crippen LogP contribution in [-0.4, -0.2) is 137 Å². The second-order valence-corrected chi connectivity index (χ2v) is 8.96. The Morgan fingerprint density at radius 1 is 0.647 bits per heavy atom. The molecule has 34 heavy (non-hydrogen) atoms. The lowest BCUT2D eigenvalue weighted by atomic mass is 9.84. The molecule has 0 aromatic heterocycles. The number of nitrogens with two attached hydrogens (primary N) is 5. The summed E-state index contributed by atoms with van der Waals surface area (Å²) >= 11 is 0. The minimum atomic E-state index is -1.35. The van der Waals surface area contributed by atoms with Gasteiger partial charge in [-0.2, -0.15) is 0 Å². The Kier molecular flexibility index (Phi) is 9.95. The van der Waals surface area contributed by atoms with Crippen LogP contribution in [0.5, 0.6) is 0 Å². The predicted molar refractivity (Wildman–Crippen MR) is 115 cm³/mol. The van der Waals surface area contributed by atoms with E-state index in [1.165, 1.54) is 0 Å². The van der Waals surface area contributed by atoms with Gasteiger partial charge in [-0.15, -0.1) is 0 Å². The van der Waals surface area contributed by atoms with Crippen LogP contribution >= 0.6 is 0 Å². The maximum Gasteiger partial charge on any atom is 0.186 e. The summed E-state index contributed by atoms with van der Waals surface area (Å²) in [4.78, 5) is 0. The van der Waals surface area contributed by atoms with Crippen LogP contribution in [0.15, 0.2) is 0 Å². The van der Waals surface area contributed by atoms with E-state index >= 15 is 0 Å². The van der Waals surface area contributed by atoms with E-state index in [2.05, 4.69) is 0 Å². The van der Waals surface area contributed by atoms with Crippen molar-refractivity contribution in [1.29, 1.82) is 0 Å². The van der Waals surface area contributed by atoms with Crippen molar-refractivity contribution in [3.05, 3.63) is 0 Å². The lowest BCUT2D eigenvalue weighted by Gasteiger charge is -2.46. The summed E-state index contributed by atoms with van der Waals surface area (Å²) in [5, 5.41) is 50.8. The summed E-state index contributed by atoms with van der Waals surface area (Å²) in [6, 6.07) is -2.46. The highest BCUT2D eigenvalue weighted by Gasteiger charge is 2.49. The molecule has 2 saturated heterocycles. The Morgan fingerprint density at radius 2 is 1.21 bits per heavy atom. The number of ether oxygens (including phenoxy) is 5. The average molecular weight is 498 g/mol. The zero-order valence-corrected chi connectivity index (χ0v) is 18.8. The second kappa shape index (κ2) is 12.1. The molecule has 0 bridgehead atoms. The van der Waals surface area contributed by atoms with Crippen molar-refractivity contribution >= 4 is 0 Å². The third-order valence-corrected chi connectivity index (χ3v) is 6.56. The largest absolute Gasteiger partial charge is 0.389 e. The molecule has 200 valence electrons. The van der Waals surface area contributed by atoms with Crippen LogP contribution in [0.3, 0.4) is 0 Å². The molecule has 0 aromatic rings. The third kappa shape index (κ3) is 5.86. The van der Waals surface area contributed by atoms with Crippen molar-refractivity contribution in [2.24, 2.45) is 28.7 Å². The number of hydrogen-bond acceptors (Lipinski definition) is 15. The van der Waals surface area contributed by atoms with Gasteiger partial charge in [0.15, 0.2) is 12.6 Å². The Morgan fingerprint density at radius 3 is 1.82 bits per heavy atom. The summed E-state index contributed by atoms with van der Waals surface area (Å²) in [7, 11) is 0. The summed E-state index contributed by atoms with van der Waals surface area (Å²) in [5.41, 5.74) is 29.3. The van der Waals surface area contributed by atoms with Gasteiger partial charge in [-0.1, -0.05) is 0 Å². The van der Waals surface area contributed by atoms with Crippen LogP contribution in [-0.2, 0) is 23.7 Å². The van der Waals surface area contributed by atoms with Crippen molar-refractivity contribution < 1.29 is 49.2 Å². The second-order valence-electron chi connectivity index (χ2n) is 8.96. The monoisotopic (exact) mass is 497 g/mol. The molecule has 0 radical (unpaired) electrons. The lowest BCUT2D eigenvalue weighted by molar-refractivity contribution is -0.292. The summed E-state index contributed by atoms with van der Waals surface area (Å²) in [5.74, 6) is 0. The van der Waals surface area contributed by atoms with Crippen LogP contribution in [0.2, 0.25) is 0 Å². The van der Waals surface area contributed by atoms with E-state index in [0.29, 0.717) is 0 Å². The number of aliphatic hydroxyl groups is 5. The van der Waals surface area contributed by atoms with E-state index in [1.807, 2.05) is 0 Å². The molecule has 14 atom stereocenters. The van der Waals surface area contributed by atoms with Crippen LogP contribution in [0.1, 0.15) is 6.42 Å². The highest BCUT2D eigenvalue weighted by Crippen LogP contribution is 2.29. The fraction of sp³-hybridized carbons (Fsp3) is 1.00. The molecule has 0 unspecified atom stereocenters. The van der Waals surface area contributed by atoms with Crippen molar-refractivity contribution in [1.82, 2.24) is 0 Å². The zero-order chi connectivity index (χ0) is 25.2. The maximum atomic E-state index is 10.6. The Bertz CT molecular complexity index is 638. The van der Waals surface area contributed by atoms with Crippen molar-refractivity contribution in [2.75, 3.05) is 26.3 Å². The quantitative estimate of drug-likeness (QED) is 0.132. The van der Waals surface area contributed by atoms with Crippen LogP contribution in [0, 0.1) is 0 Å². The van der Waals surface area contributed by atoms with E-state index in [-0.39, 0.29) is 32.7 Å². The SMILES string of the molecule is NC[C@H]1O[C@H](O[C@H]2[C@H](OCCO[C@@H]3O[C@H](CN)[C@@H](O)[C@H]3O)[C@@H](O)[C@H](N)C[C@@H]2N)[C@H](N)[C@@H](O)[C@@H]1O. The molecule has 1 aliphatic carbocycles. The molecule has 15 heteroatoms. The summed E-state index contributed by atoms with van der Waals surface area (Å²) in [6.07, 6.45) is -11.9. The van der Waals surface area contributed by atoms with Gasteiger partial charge in [0.1, 0.15) is 48.8 Å². The van der Waals surface area contributed by atoms with Crippen LogP contribution in [0.25, 0.3) is 0 Å². The lowest BCUT2D eigenvalue weighted by Crippen LogP contribution is -2.67. The molecular weight excluding hydrogens is 458 g/mol. The summed E-state index contributed by atoms with van der Waals surface area (Å²) in [6.45, 7) is -0.200. The van der Waals surface area contributed by atoms with Gasteiger partial charge < -0.3 is 77.9 Å². The van der Waals surface area contributed by atoms with Crippen molar-refractivity contribution in [3.63, 3.8) is 0 Å². The smallest absolute Gasteiger partial charge is 0.186 e. The Labute approximate surface area is 197 Å². The van der Waals surface area contributed by atoms with E-state index < -0.39 is 85.6 Å². The molecule has 3 fully saturated rings. The standard InChI is InChI=1S/C19H39N5O10/c20-4-8-12(26)14(28)10(24)18(32-8)34-16-7(23)3-6(22)11(25)17(16)30-1-2-31-19-15(29)13(27)9(5-21)33-19/h6-19,25-29H,1-5,20-24H2/t6-,7+,8-,9-,10-,11+,12-,13-,14-,15-,16-,17-,18-,19-/m1/s1. The van der Waals surface area contributed by atoms with Crippen LogP contribution in [0.4, 0.5) is 0 Å². The molecule has 3 rings (SSSR count). The Hall–Kier alpha value is -0.600. The first kappa shape index (κ1) is 28.0. The molecule has 15 N–H and O–H groups in total. The molecule has 15 nitrogen and oxygen atoms in total. The molecule has 0 amide bonds. The summed E-state index contributed by atoms with van der Waals surface area (Å²) < 4.78 is 28.1. The maximum absolute atomic E-state index is 10.6. The minimum absolute atomic E-state index is 0.0137. The number of aliphatic hydroxyl groups excluding tert-OH is 5. The molecule has 1 saturated carbocycles. The van der Waals surface area contributed by atoms with Gasteiger partial charge in [0, 0.05) is 25.2 Å². The van der Waals surface area contributed by atoms with Gasteiger partial charge in [0.25, 0.3) is 0 Å². The fourth-order valence-corrected chi connectivity index (χ4v) is 4.46. The highest BCUT2D eigenvalue weighted by molar-refractivity contribution is 5.00. The topological polar surface area (TPSA) is 277 Å². The molecular formula is C19H39N5O10. The van der Waals surface area contributed by atoms with Gasteiger partial charge in [0.2, 0.25) is 0 Å². The molecule has 3 aliphatic rings. The normalized spacial score (nSPS) is 49.9. The van der Waals surface area contributed by atoms with Crippen molar-refractivity contribution in [3.8, 4) is 0 Å². The molecule has 0 spiro atoms. The minimum Gasteiger partial charge on any atom is -0.389 e. The van der Waals surface area contributed by atoms with Gasteiger partial charge in [-0.05, 0) is 6.42 Å². The van der Waals surface area contributed by atoms with Crippen molar-refractivity contribution in [2.45, 2.75) is 92.1 Å². The van der Waals surface area contributed by atoms with E-state index in [9.17, 15) is 25.5 Å². The average Bonchev–Trinajstić information content (AvgIpc) is 3.09. The van der Waals surface area contributed by atoms with Gasteiger partial charge >= 0.3 is 0 Å². The molecule has 2 heterocycles. The fourth-order valence-electron chi connectivity index (χ4n) is 4.46. The number of rotatable bonds is 9. The van der Waals surface area contributed by atoms with E-state index in [0.717, 1.165) is 0 Å². The van der Waals surface area contributed by atoms with Gasteiger partial charge in [-0.25, -0.2) is 0 Å². The first-order chi connectivity index (χ1) is 16.1. The first-order valence-corrected chi connectivity index (χ1v) is 11.4. The van der Waals surface area contributed by atoms with Crippen LogP contribution < -0.4 is 28.7 Å². The predicted octanol–water partition coefficient (Wildman–Crippen LogP) is -6.67.